The van der Waals surface area contributed by atoms with Crippen LogP contribution in [0.1, 0.15) is 5.56 Å². The molecule has 0 aliphatic carbocycles. The third-order valence-electron chi connectivity index (χ3n) is 2.20. The van der Waals surface area contributed by atoms with Crippen molar-refractivity contribution in [1.82, 2.24) is 4.90 Å². The number of benzene rings is 1. The molecule has 0 saturated carbocycles. The van der Waals surface area contributed by atoms with Gasteiger partial charge in [0.15, 0.2) is 0 Å². The Bertz CT molecular complexity index is 493. The number of rotatable bonds is 1. The van der Waals surface area contributed by atoms with Crippen LogP contribution in [-0.4, -0.2) is 38.6 Å². The fraction of sp³-hybridized carbons (Fsp3) is 0.0909. The number of hydrogen-bond acceptors (Lipinski definition) is 2. The molecule has 0 bridgehead atoms. The Kier molecular flexibility index (Phi) is 3.15. The summed E-state index contributed by atoms with van der Waals surface area (Å²) >= 11 is 8.51. The number of aliphatic imine (C=N–C) groups is 1. The molecule has 16 heavy (non-hydrogen) atoms. The normalized spacial score (nSPS) is 18.1. The molecular weight excluding hydrogens is 291 g/mol. The molecule has 0 unspecified atom stereocenters. The van der Waals surface area contributed by atoms with E-state index in [4.69, 9.17) is 11.6 Å². The molecule has 0 atom stereocenters. The van der Waals surface area contributed by atoms with E-state index in [0.29, 0.717) is 15.5 Å². The Hall–Kier alpha value is -1.09. The summed E-state index contributed by atoms with van der Waals surface area (Å²) in [7, 11) is 1.68. The quantitative estimate of drug-likeness (QED) is 0.573. The number of amides is 1. The minimum atomic E-state index is -0.108. The van der Waals surface area contributed by atoms with Gasteiger partial charge in [-0.05, 0) is 0 Å². The van der Waals surface area contributed by atoms with Crippen LogP contribution < -0.4 is 0 Å². The number of halogens is 1. The summed E-state index contributed by atoms with van der Waals surface area (Å²) in [6.45, 7) is 0. The zero-order chi connectivity index (χ0) is 11.7. The van der Waals surface area contributed by atoms with E-state index in [9.17, 15) is 4.79 Å². The number of likely N-dealkylation sites (N-methyl/N-ethyl adjacent to an activating group) is 1. The molecule has 1 radical (unpaired) electrons. The van der Waals surface area contributed by atoms with Gasteiger partial charge < -0.3 is 0 Å². The summed E-state index contributed by atoms with van der Waals surface area (Å²) in [6, 6.07) is 7.24. The molecule has 1 aliphatic rings. The first kappa shape index (κ1) is 11.4. The molecule has 1 amide bonds. The third kappa shape index (κ3) is 2.19. The van der Waals surface area contributed by atoms with Crippen LogP contribution >= 0.6 is 11.6 Å². The first-order valence-corrected chi connectivity index (χ1v) is 5.82. The van der Waals surface area contributed by atoms with Gasteiger partial charge in [-0.15, -0.1) is 0 Å². The number of hydrogen-bond donors (Lipinski definition) is 0. The molecule has 3 nitrogen and oxygen atoms in total. The van der Waals surface area contributed by atoms with E-state index in [2.05, 4.69) is 21.0 Å². The predicted molar refractivity (Wildman–Crippen MR) is 65.4 cm³/mol. The van der Waals surface area contributed by atoms with Crippen molar-refractivity contribution in [3.05, 3.63) is 40.5 Å². The van der Waals surface area contributed by atoms with Crippen molar-refractivity contribution < 1.29 is 4.79 Å². The molecule has 0 N–H and O–H groups in total. The summed E-state index contributed by atoms with van der Waals surface area (Å²) in [5.74, 6) is -0.108. The van der Waals surface area contributed by atoms with Gasteiger partial charge in [-0.1, -0.05) is 0 Å². The zero-order valence-corrected chi connectivity index (χ0v) is 10.9. The van der Waals surface area contributed by atoms with E-state index >= 15 is 0 Å². The topological polar surface area (TPSA) is 32.7 Å². The summed E-state index contributed by atoms with van der Waals surface area (Å²) in [6.07, 6.45) is 1.74. The maximum absolute atomic E-state index is 11.7. The molecule has 0 fully saturated rings. The van der Waals surface area contributed by atoms with Crippen molar-refractivity contribution >= 4 is 44.3 Å². The van der Waals surface area contributed by atoms with Crippen LogP contribution in [0.2, 0.25) is 5.02 Å². The van der Waals surface area contributed by atoms with Gasteiger partial charge in [-0.25, -0.2) is 0 Å². The first-order chi connectivity index (χ1) is 7.58. The van der Waals surface area contributed by atoms with Crippen LogP contribution in [0, 0.1) is 0 Å². The minimum absolute atomic E-state index is 0.108. The Morgan fingerprint density at radius 1 is 1.38 bits per heavy atom. The first-order valence-electron chi connectivity index (χ1n) is 4.59. The van der Waals surface area contributed by atoms with E-state index in [1.54, 1.807) is 25.3 Å². The number of nitrogens with zero attached hydrogens (tertiary/aromatic N) is 2. The van der Waals surface area contributed by atoms with Crippen LogP contribution in [0.5, 0.6) is 0 Å². The van der Waals surface area contributed by atoms with Crippen LogP contribution in [0.15, 0.2) is 35.0 Å². The molecule has 81 valence electrons. The molecule has 0 spiro atoms. The van der Waals surface area contributed by atoms with Crippen molar-refractivity contribution in [2.45, 2.75) is 0 Å². The predicted octanol–water partition coefficient (Wildman–Crippen LogP) is 1.68. The third-order valence-corrected chi connectivity index (χ3v) is 3.22. The molecule has 0 saturated heterocycles. The van der Waals surface area contributed by atoms with Crippen LogP contribution in [-0.2, 0) is 4.79 Å². The van der Waals surface area contributed by atoms with Gasteiger partial charge in [0.05, 0.1) is 0 Å². The van der Waals surface area contributed by atoms with E-state index in [1.807, 2.05) is 12.1 Å². The summed E-state index contributed by atoms with van der Waals surface area (Å²) in [4.78, 5) is 17.3. The Balaban J connectivity index is 2.32. The van der Waals surface area contributed by atoms with Gasteiger partial charge in [-0.3, -0.25) is 0 Å². The van der Waals surface area contributed by atoms with Gasteiger partial charge in [0, 0.05) is 0 Å². The molecule has 1 aliphatic heterocycles. The van der Waals surface area contributed by atoms with Gasteiger partial charge in [-0.2, -0.15) is 0 Å². The van der Waals surface area contributed by atoms with Gasteiger partial charge in [0.1, 0.15) is 0 Å². The van der Waals surface area contributed by atoms with Gasteiger partial charge in [0.25, 0.3) is 0 Å². The van der Waals surface area contributed by atoms with E-state index in [-0.39, 0.29) is 5.91 Å². The standard InChI is InChI=1S/C11H8ClN2OSe/c1-14-10(15)9(13-11(14)16)6-7-2-4-8(12)5-3-7/h2-6H,1H3. The second kappa shape index (κ2) is 4.42. The fourth-order valence-electron chi connectivity index (χ4n) is 1.30. The van der Waals surface area contributed by atoms with Crippen molar-refractivity contribution in [1.29, 1.82) is 0 Å². The zero-order valence-electron chi connectivity index (χ0n) is 8.48. The molecule has 2 rings (SSSR count). The van der Waals surface area contributed by atoms with E-state index in [1.165, 1.54) is 4.90 Å². The fourth-order valence-corrected chi connectivity index (χ4v) is 1.80. The molecule has 1 heterocycles. The molecule has 0 aromatic heterocycles. The van der Waals surface area contributed by atoms with Crippen molar-refractivity contribution in [3.8, 4) is 0 Å². The second-order valence-electron chi connectivity index (χ2n) is 3.34. The van der Waals surface area contributed by atoms with Crippen LogP contribution in [0.4, 0.5) is 0 Å². The summed E-state index contributed by atoms with van der Waals surface area (Å²) in [5.41, 5.74) is 1.33. The molecule has 1 aromatic rings. The van der Waals surface area contributed by atoms with Crippen molar-refractivity contribution in [2.24, 2.45) is 4.99 Å². The number of carbonyl (C=O) groups excluding carboxylic acids is 1. The van der Waals surface area contributed by atoms with Crippen LogP contribution in [0.3, 0.4) is 0 Å². The SMILES string of the molecule is CN1C(=O)C(=Cc2ccc(Cl)cc2)N=C1[Se]. The molecule has 1 aromatic carbocycles. The maximum atomic E-state index is 11.7. The monoisotopic (exact) mass is 299 g/mol. The average molecular weight is 299 g/mol. The van der Waals surface area contributed by atoms with E-state index < -0.39 is 0 Å². The van der Waals surface area contributed by atoms with Gasteiger partial charge >= 0.3 is 107 Å². The van der Waals surface area contributed by atoms with Crippen molar-refractivity contribution in [2.75, 3.05) is 7.05 Å². The molecular formula is C11H8ClN2OSe. The molecule has 5 heteroatoms. The Labute approximate surface area is 107 Å². The summed E-state index contributed by atoms with van der Waals surface area (Å²) < 4.78 is 0.588. The Morgan fingerprint density at radius 3 is 2.50 bits per heavy atom. The van der Waals surface area contributed by atoms with Crippen LogP contribution in [0.25, 0.3) is 6.08 Å². The van der Waals surface area contributed by atoms with Gasteiger partial charge in [0.2, 0.25) is 0 Å². The number of carbonyl (C=O) groups is 1. The average Bonchev–Trinajstić information content (AvgIpc) is 2.50. The summed E-state index contributed by atoms with van der Waals surface area (Å²) in [5, 5.41) is 0.671. The Morgan fingerprint density at radius 2 is 2.00 bits per heavy atom. The van der Waals surface area contributed by atoms with Crippen molar-refractivity contribution in [3.63, 3.8) is 0 Å². The number of amidine groups is 1. The second-order valence-corrected chi connectivity index (χ2v) is 4.54. The van der Waals surface area contributed by atoms with E-state index in [0.717, 1.165) is 5.56 Å².